The molecule has 1 aliphatic rings. The van der Waals surface area contributed by atoms with Crippen LogP contribution < -0.4 is 15.1 Å². The van der Waals surface area contributed by atoms with Gasteiger partial charge in [-0.05, 0) is 36.1 Å². The SMILES string of the molecule is C/C(=N/NC(=O)CN1C(=O)COc2ccccc21)c1ccc(C(C)C)cc1. The molecule has 0 spiro atoms. The van der Waals surface area contributed by atoms with Crippen LogP contribution in [0.3, 0.4) is 0 Å². The summed E-state index contributed by atoms with van der Waals surface area (Å²) in [5, 5.41) is 4.16. The van der Waals surface area contributed by atoms with Gasteiger partial charge in [0.05, 0.1) is 11.4 Å². The molecule has 2 amide bonds. The summed E-state index contributed by atoms with van der Waals surface area (Å²) in [5.41, 5.74) is 6.01. The van der Waals surface area contributed by atoms with Crippen molar-refractivity contribution >= 4 is 23.2 Å². The van der Waals surface area contributed by atoms with E-state index in [2.05, 4.69) is 36.5 Å². The Bertz CT molecular complexity index is 872. The van der Waals surface area contributed by atoms with Gasteiger partial charge in [-0.2, -0.15) is 5.10 Å². The molecule has 0 saturated carbocycles. The summed E-state index contributed by atoms with van der Waals surface area (Å²) < 4.78 is 5.38. The molecule has 0 unspecified atom stereocenters. The normalized spacial score (nSPS) is 14.0. The van der Waals surface area contributed by atoms with Crippen molar-refractivity contribution in [1.29, 1.82) is 0 Å². The molecule has 6 nitrogen and oxygen atoms in total. The lowest BCUT2D eigenvalue weighted by atomic mass is 10.0. The Morgan fingerprint density at radius 3 is 2.59 bits per heavy atom. The molecule has 0 radical (unpaired) electrons. The van der Waals surface area contributed by atoms with Crippen molar-refractivity contribution in [3.8, 4) is 5.75 Å². The lowest BCUT2D eigenvalue weighted by Crippen LogP contribution is -2.44. The van der Waals surface area contributed by atoms with E-state index in [0.29, 0.717) is 23.1 Å². The predicted molar refractivity (Wildman–Crippen MR) is 105 cm³/mol. The first-order chi connectivity index (χ1) is 13.0. The molecule has 1 N–H and O–H groups in total. The molecule has 0 fully saturated rings. The fourth-order valence-electron chi connectivity index (χ4n) is 2.83. The summed E-state index contributed by atoms with van der Waals surface area (Å²) in [5.74, 6) is 0.437. The van der Waals surface area contributed by atoms with Crippen molar-refractivity contribution in [2.24, 2.45) is 5.10 Å². The molecule has 2 aromatic carbocycles. The van der Waals surface area contributed by atoms with E-state index in [9.17, 15) is 9.59 Å². The molecular weight excluding hydrogens is 342 g/mol. The van der Waals surface area contributed by atoms with Crippen LogP contribution in [0.2, 0.25) is 0 Å². The van der Waals surface area contributed by atoms with Crippen molar-refractivity contribution in [2.45, 2.75) is 26.7 Å². The van der Waals surface area contributed by atoms with Crippen LogP contribution in [-0.2, 0) is 9.59 Å². The zero-order chi connectivity index (χ0) is 19.4. The summed E-state index contributed by atoms with van der Waals surface area (Å²) in [4.78, 5) is 25.8. The number of ether oxygens (including phenoxy) is 1. The Kier molecular flexibility index (Phi) is 5.54. The van der Waals surface area contributed by atoms with Gasteiger partial charge in [0.1, 0.15) is 12.3 Å². The number of hydrazone groups is 1. The van der Waals surface area contributed by atoms with E-state index >= 15 is 0 Å². The quantitative estimate of drug-likeness (QED) is 0.654. The summed E-state index contributed by atoms with van der Waals surface area (Å²) in [7, 11) is 0. The summed E-state index contributed by atoms with van der Waals surface area (Å²) in [6.07, 6.45) is 0. The summed E-state index contributed by atoms with van der Waals surface area (Å²) in [6, 6.07) is 15.2. The zero-order valence-electron chi connectivity index (χ0n) is 15.7. The highest BCUT2D eigenvalue weighted by Gasteiger charge is 2.26. The minimum atomic E-state index is -0.363. The van der Waals surface area contributed by atoms with Gasteiger partial charge in [0.2, 0.25) is 0 Å². The van der Waals surface area contributed by atoms with E-state index in [1.807, 2.05) is 25.1 Å². The van der Waals surface area contributed by atoms with Gasteiger partial charge >= 0.3 is 0 Å². The number of rotatable bonds is 5. The number of benzene rings is 2. The van der Waals surface area contributed by atoms with Crippen molar-refractivity contribution in [2.75, 3.05) is 18.1 Å². The van der Waals surface area contributed by atoms with Gasteiger partial charge in [0.15, 0.2) is 6.61 Å². The van der Waals surface area contributed by atoms with Gasteiger partial charge in [0, 0.05) is 0 Å². The number of carbonyl (C=O) groups is 2. The Labute approximate surface area is 158 Å². The monoisotopic (exact) mass is 365 g/mol. The van der Waals surface area contributed by atoms with Crippen molar-refractivity contribution < 1.29 is 14.3 Å². The topological polar surface area (TPSA) is 71.0 Å². The third kappa shape index (κ3) is 4.34. The molecule has 0 atom stereocenters. The summed E-state index contributed by atoms with van der Waals surface area (Å²) in [6.45, 7) is 5.93. The fraction of sp³-hybridized carbons (Fsp3) is 0.286. The van der Waals surface area contributed by atoms with E-state index in [0.717, 1.165) is 5.56 Å². The second-order valence-corrected chi connectivity index (χ2v) is 6.75. The zero-order valence-corrected chi connectivity index (χ0v) is 15.7. The Hall–Kier alpha value is -3.15. The third-order valence-corrected chi connectivity index (χ3v) is 4.45. The van der Waals surface area contributed by atoms with E-state index in [-0.39, 0.29) is 25.0 Å². The molecule has 0 aromatic heterocycles. The minimum Gasteiger partial charge on any atom is -0.482 e. The van der Waals surface area contributed by atoms with Crippen LogP contribution in [-0.4, -0.2) is 30.7 Å². The van der Waals surface area contributed by atoms with Gasteiger partial charge in [0.25, 0.3) is 11.8 Å². The van der Waals surface area contributed by atoms with Gasteiger partial charge in [-0.25, -0.2) is 5.43 Å². The maximum Gasteiger partial charge on any atom is 0.265 e. The molecule has 2 aromatic rings. The predicted octanol–water partition coefficient (Wildman–Crippen LogP) is 3.08. The maximum absolute atomic E-state index is 12.3. The molecule has 140 valence electrons. The van der Waals surface area contributed by atoms with Crippen LogP contribution in [0.5, 0.6) is 5.75 Å². The second-order valence-electron chi connectivity index (χ2n) is 6.75. The molecule has 0 bridgehead atoms. The summed E-state index contributed by atoms with van der Waals surface area (Å²) >= 11 is 0. The number of hydrogen-bond acceptors (Lipinski definition) is 4. The van der Waals surface area contributed by atoms with E-state index in [1.54, 1.807) is 18.2 Å². The average Bonchev–Trinajstić information content (AvgIpc) is 2.68. The Balaban J connectivity index is 1.65. The van der Waals surface area contributed by atoms with Gasteiger partial charge in [-0.3, -0.25) is 14.5 Å². The lowest BCUT2D eigenvalue weighted by Gasteiger charge is -2.28. The number of nitrogens with one attached hydrogen (secondary N) is 1. The first-order valence-corrected chi connectivity index (χ1v) is 8.91. The van der Waals surface area contributed by atoms with Crippen LogP contribution in [0.15, 0.2) is 53.6 Å². The molecule has 3 rings (SSSR count). The molecule has 1 heterocycles. The van der Waals surface area contributed by atoms with Crippen LogP contribution >= 0.6 is 0 Å². The first-order valence-electron chi connectivity index (χ1n) is 8.91. The Morgan fingerprint density at radius 2 is 1.89 bits per heavy atom. The number of amides is 2. The number of nitrogens with zero attached hydrogens (tertiary/aromatic N) is 2. The third-order valence-electron chi connectivity index (χ3n) is 4.45. The fourth-order valence-corrected chi connectivity index (χ4v) is 2.83. The van der Waals surface area contributed by atoms with Crippen molar-refractivity contribution in [3.63, 3.8) is 0 Å². The second kappa shape index (κ2) is 8.03. The molecular formula is C21H23N3O3. The molecule has 0 saturated heterocycles. The van der Waals surface area contributed by atoms with Gasteiger partial charge in [-0.1, -0.05) is 50.2 Å². The average molecular weight is 365 g/mol. The highest BCUT2D eigenvalue weighted by atomic mass is 16.5. The van der Waals surface area contributed by atoms with Crippen molar-refractivity contribution in [3.05, 3.63) is 59.7 Å². The molecule has 27 heavy (non-hydrogen) atoms. The maximum atomic E-state index is 12.3. The number of hydrogen-bond donors (Lipinski definition) is 1. The van der Waals surface area contributed by atoms with Crippen LogP contribution in [0.4, 0.5) is 5.69 Å². The molecule has 6 heteroatoms. The van der Waals surface area contributed by atoms with Crippen molar-refractivity contribution in [1.82, 2.24) is 5.43 Å². The van der Waals surface area contributed by atoms with Gasteiger partial charge in [-0.15, -0.1) is 0 Å². The van der Waals surface area contributed by atoms with Gasteiger partial charge < -0.3 is 4.74 Å². The van der Waals surface area contributed by atoms with E-state index in [1.165, 1.54) is 10.5 Å². The number of para-hydroxylation sites is 2. The largest absolute Gasteiger partial charge is 0.482 e. The molecule has 0 aliphatic carbocycles. The molecule has 1 aliphatic heterocycles. The number of fused-ring (bicyclic) bond motifs is 1. The Morgan fingerprint density at radius 1 is 1.19 bits per heavy atom. The standard InChI is InChI=1S/C21H23N3O3/c1-14(2)16-8-10-17(11-9-16)15(3)22-23-20(25)12-24-18-6-4-5-7-19(18)27-13-21(24)26/h4-11,14H,12-13H2,1-3H3,(H,23,25)/b22-15-. The minimum absolute atomic E-state index is 0.0746. The number of anilines is 1. The number of carbonyl (C=O) groups excluding carboxylic acids is 2. The van der Waals surface area contributed by atoms with Crippen LogP contribution in [0, 0.1) is 0 Å². The highest BCUT2D eigenvalue weighted by molar-refractivity contribution is 6.03. The van der Waals surface area contributed by atoms with Crippen LogP contribution in [0.25, 0.3) is 0 Å². The highest BCUT2D eigenvalue weighted by Crippen LogP contribution is 2.31. The van der Waals surface area contributed by atoms with E-state index < -0.39 is 0 Å². The van der Waals surface area contributed by atoms with Crippen LogP contribution in [0.1, 0.15) is 37.8 Å². The smallest absolute Gasteiger partial charge is 0.265 e. The lowest BCUT2D eigenvalue weighted by molar-refractivity contribution is -0.125. The first kappa shape index (κ1) is 18.6. The van der Waals surface area contributed by atoms with E-state index in [4.69, 9.17) is 4.74 Å².